The van der Waals surface area contributed by atoms with Crippen molar-refractivity contribution < 1.29 is 14.4 Å². The Labute approximate surface area is 135 Å². The average molecular weight is 318 g/mol. The topological polar surface area (TPSA) is 114 Å². The number of anilines is 1. The molecule has 0 aliphatic heterocycles. The van der Waals surface area contributed by atoms with Crippen molar-refractivity contribution in [3.05, 3.63) is 29.3 Å². The monoisotopic (exact) mass is 318 g/mol. The van der Waals surface area contributed by atoms with Gasteiger partial charge in [0.25, 0.3) is 0 Å². The molecule has 0 unspecified atom stereocenters. The minimum absolute atomic E-state index is 0.00402. The van der Waals surface area contributed by atoms with Gasteiger partial charge in [-0.2, -0.15) is 5.10 Å². The van der Waals surface area contributed by atoms with E-state index in [1.54, 1.807) is 6.92 Å². The summed E-state index contributed by atoms with van der Waals surface area (Å²) < 4.78 is 0. The molecule has 0 radical (unpaired) electrons. The van der Waals surface area contributed by atoms with Crippen LogP contribution >= 0.6 is 0 Å². The summed E-state index contributed by atoms with van der Waals surface area (Å²) in [5, 5.41) is 6.52. The van der Waals surface area contributed by atoms with E-state index in [-0.39, 0.29) is 25.2 Å². The van der Waals surface area contributed by atoms with E-state index in [2.05, 4.69) is 15.8 Å². The molecule has 0 spiro atoms. The van der Waals surface area contributed by atoms with Gasteiger partial charge in [0.2, 0.25) is 17.7 Å². The van der Waals surface area contributed by atoms with Gasteiger partial charge in [-0.3, -0.25) is 14.4 Å². The molecule has 0 aliphatic carbocycles. The van der Waals surface area contributed by atoms with Gasteiger partial charge in [-0.25, -0.2) is 5.43 Å². The predicted molar refractivity (Wildman–Crippen MR) is 88.8 cm³/mol. The van der Waals surface area contributed by atoms with Crippen LogP contribution in [0, 0.1) is 13.8 Å². The minimum atomic E-state index is -0.520. The van der Waals surface area contributed by atoms with Crippen molar-refractivity contribution in [1.29, 1.82) is 0 Å². The maximum Gasteiger partial charge on any atom is 0.240 e. The molecule has 1 aromatic carbocycles. The lowest BCUT2D eigenvalue weighted by Gasteiger charge is -2.09. The highest BCUT2D eigenvalue weighted by Gasteiger charge is 2.08. The molecule has 3 amide bonds. The Morgan fingerprint density at radius 2 is 1.78 bits per heavy atom. The second-order valence-electron chi connectivity index (χ2n) is 5.39. The molecule has 1 rings (SSSR count). The zero-order chi connectivity index (χ0) is 17.4. The van der Waals surface area contributed by atoms with Gasteiger partial charge in [0.1, 0.15) is 0 Å². The number of primary amides is 1. The van der Waals surface area contributed by atoms with Gasteiger partial charge in [0.05, 0.1) is 6.42 Å². The van der Waals surface area contributed by atoms with Crippen molar-refractivity contribution in [1.82, 2.24) is 5.43 Å². The first-order chi connectivity index (χ1) is 10.8. The van der Waals surface area contributed by atoms with Crippen LogP contribution in [-0.4, -0.2) is 23.4 Å². The maximum absolute atomic E-state index is 11.9. The van der Waals surface area contributed by atoms with Crippen LogP contribution in [0.2, 0.25) is 0 Å². The van der Waals surface area contributed by atoms with Crippen molar-refractivity contribution in [3.63, 3.8) is 0 Å². The summed E-state index contributed by atoms with van der Waals surface area (Å²) in [5.41, 5.74) is 10.4. The highest BCUT2D eigenvalue weighted by Crippen LogP contribution is 2.16. The maximum atomic E-state index is 11.9. The molecule has 7 nitrogen and oxygen atoms in total. The van der Waals surface area contributed by atoms with Gasteiger partial charge in [0, 0.05) is 24.2 Å². The Kier molecular flexibility index (Phi) is 6.92. The third-order valence-electron chi connectivity index (χ3n) is 3.05. The Morgan fingerprint density at radius 1 is 1.13 bits per heavy atom. The minimum Gasteiger partial charge on any atom is -0.369 e. The van der Waals surface area contributed by atoms with Gasteiger partial charge in [-0.05, 0) is 38.0 Å². The number of nitrogens with zero attached hydrogens (tertiary/aromatic N) is 1. The quantitative estimate of drug-likeness (QED) is 0.521. The van der Waals surface area contributed by atoms with Crippen molar-refractivity contribution in [2.24, 2.45) is 10.8 Å². The lowest BCUT2D eigenvalue weighted by atomic mass is 10.1. The summed E-state index contributed by atoms with van der Waals surface area (Å²) in [5.74, 6) is -1.16. The molecule has 0 bridgehead atoms. The average Bonchev–Trinajstić information content (AvgIpc) is 2.46. The fourth-order valence-electron chi connectivity index (χ4n) is 1.82. The standard InChI is InChI=1S/C16H22N4O3/c1-10-4-5-11(2)13(8-10)18-15(22)6-7-16(23)20-19-12(3)9-14(17)21/h4-5,8H,6-7,9H2,1-3H3,(H2,17,21)(H,18,22)(H,20,23)/b19-12-. The number of aryl methyl sites for hydroxylation is 2. The smallest absolute Gasteiger partial charge is 0.240 e. The Balaban J connectivity index is 2.42. The predicted octanol–water partition coefficient (Wildman–Crippen LogP) is 1.39. The van der Waals surface area contributed by atoms with Gasteiger partial charge in [-0.1, -0.05) is 12.1 Å². The van der Waals surface area contributed by atoms with Crippen LogP contribution in [0.15, 0.2) is 23.3 Å². The lowest BCUT2D eigenvalue weighted by Crippen LogP contribution is -2.23. The van der Waals surface area contributed by atoms with Crippen LogP contribution in [0.3, 0.4) is 0 Å². The highest BCUT2D eigenvalue weighted by atomic mass is 16.2. The number of carbonyl (C=O) groups is 3. The van der Waals surface area contributed by atoms with Crippen molar-refractivity contribution in [2.45, 2.75) is 40.0 Å². The first-order valence-corrected chi connectivity index (χ1v) is 7.25. The second-order valence-corrected chi connectivity index (χ2v) is 5.39. The zero-order valence-corrected chi connectivity index (χ0v) is 13.6. The van der Waals surface area contributed by atoms with E-state index in [0.717, 1.165) is 16.8 Å². The van der Waals surface area contributed by atoms with Crippen LogP contribution in [0.4, 0.5) is 5.69 Å². The number of hydrazone groups is 1. The summed E-state index contributed by atoms with van der Waals surface area (Å²) in [4.78, 5) is 34.1. The van der Waals surface area contributed by atoms with Crippen LogP contribution in [0.1, 0.15) is 37.3 Å². The molecule has 0 aliphatic rings. The molecule has 124 valence electrons. The molecule has 4 N–H and O–H groups in total. The van der Waals surface area contributed by atoms with Crippen LogP contribution in [0.25, 0.3) is 0 Å². The zero-order valence-electron chi connectivity index (χ0n) is 13.6. The van der Waals surface area contributed by atoms with Crippen LogP contribution < -0.4 is 16.5 Å². The van der Waals surface area contributed by atoms with Crippen LogP contribution in [-0.2, 0) is 14.4 Å². The molecule has 0 fully saturated rings. The van der Waals surface area contributed by atoms with Gasteiger partial charge in [0.15, 0.2) is 0 Å². The van der Waals surface area contributed by atoms with E-state index in [0.29, 0.717) is 5.71 Å². The first-order valence-electron chi connectivity index (χ1n) is 7.25. The normalized spacial score (nSPS) is 11.0. The van der Waals surface area contributed by atoms with E-state index >= 15 is 0 Å². The Morgan fingerprint density at radius 3 is 2.43 bits per heavy atom. The molecule has 0 heterocycles. The molecule has 0 saturated heterocycles. The van der Waals surface area contributed by atoms with Gasteiger partial charge < -0.3 is 11.1 Å². The molecule has 0 atom stereocenters. The van der Waals surface area contributed by atoms with E-state index in [1.807, 2.05) is 32.0 Å². The molecular formula is C16H22N4O3. The van der Waals surface area contributed by atoms with Crippen LogP contribution in [0.5, 0.6) is 0 Å². The van der Waals surface area contributed by atoms with E-state index in [1.165, 1.54) is 0 Å². The summed E-state index contributed by atoms with van der Waals surface area (Å²) in [6.45, 7) is 5.42. The number of hydrogen-bond donors (Lipinski definition) is 3. The number of nitrogens with one attached hydrogen (secondary N) is 2. The third kappa shape index (κ3) is 7.21. The largest absolute Gasteiger partial charge is 0.369 e. The number of amides is 3. The third-order valence-corrected chi connectivity index (χ3v) is 3.05. The molecular weight excluding hydrogens is 296 g/mol. The number of carbonyl (C=O) groups excluding carboxylic acids is 3. The molecule has 1 aromatic rings. The number of nitrogens with two attached hydrogens (primary N) is 1. The molecule has 0 aromatic heterocycles. The van der Waals surface area contributed by atoms with E-state index < -0.39 is 11.8 Å². The number of benzene rings is 1. The molecule has 7 heteroatoms. The van der Waals surface area contributed by atoms with Crippen molar-refractivity contribution in [3.8, 4) is 0 Å². The van der Waals surface area contributed by atoms with Crippen molar-refractivity contribution >= 4 is 29.1 Å². The molecule has 23 heavy (non-hydrogen) atoms. The SMILES string of the molecule is C/C(CC(N)=O)=N/NC(=O)CCC(=O)Nc1cc(C)ccc1C. The van der Waals surface area contributed by atoms with E-state index in [9.17, 15) is 14.4 Å². The van der Waals surface area contributed by atoms with Gasteiger partial charge in [-0.15, -0.1) is 0 Å². The number of rotatable bonds is 7. The van der Waals surface area contributed by atoms with E-state index in [4.69, 9.17) is 5.73 Å². The van der Waals surface area contributed by atoms with Gasteiger partial charge >= 0.3 is 0 Å². The fourth-order valence-corrected chi connectivity index (χ4v) is 1.82. The Bertz CT molecular complexity index is 638. The Hall–Kier alpha value is -2.70. The highest BCUT2D eigenvalue weighted by molar-refractivity contribution is 5.99. The molecule has 0 saturated carbocycles. The fraction of sp³-hybridized carbons (Fsp3) is 0.375. The summed E-state index contributed by atoms with van der Waals surface area (Å²) >= 11 is 0. The summed E-state index contributed by atoms with van der Waals surface area (Å²) in [6.07, 6.45) is 0.0288. The lowest BCUT2D eigenvalue weighted by molar-refractivity contribution is -0.124. The summed E-state index contributed by atoms with van der Waals surface area (Å²) in [7, 11) is 0. The first kappa shape index (κ1) is 18.3. The summed E-state index contributed by atoms with van der Waals surface area (Å²) in [6, 6.07) is 5.77. The second kappa shape index (κ2) is 8.67. The van der Waals surface area contributed by atoms with Crippen molar-refractivity contribution in [2.75, 3.05) is 5.32 Å². The number of hydrogen-bond acceptors (Lipinski definition) is 4.